The first-order valence-corrected chi connectivity index (χ1v) is 8.40. The molecule has 0 saturated carbocycles. The second-order valence-corrected chi connectivity index (χ2v) is 6.74. The number of urea groups is 1. The molecular weight excluding hydrogens is 300 g/mol. The van der Waals surface area contributed by atoms with Crippen molar-refractivity contribution in [3.05, 3.63) is 64.7 Å². The van der Waals surface area contributed by atoms with E-state index >= 15 is 0 Å². The molecule has 0 spiro atoms. The Bertz CT molecular complexity index is 755. The van der Waals surface area contributed by atoms with Crippen molar-refractivity contribution in [1.82, 2.24) is 5.32 Å². The zero-order valence-corrected chi connectivity index (χ0v) is 14.3. The van der Waals surface area contributed by atoms with Crippen molar-refractivity contribution in [1.29, 1.82) is 0 Å². The molecule has 2 amide bonds. The summed E-state index contributed by atoms with van der Waals surface area (Å²) in [7, 11) is 0. The molecule has 0 unspecified atom stereocenters. The molecule has 0 saturated heterocycles. The van der Waals surface area contributed by atoms with Crippen molar-refractivity contribution in [2.24, 2.45) is 0 Å². The molecule has 0 aromatic heterocycles. The molecule has 0 bridgehead atoms. The first-order chi connectivity index (χ1) is 11.5. The lowest BCUT2D eigenvalue weighted by Crippen LogP contribution is -2.37. The molecule has 4 nitrogen and oxygen atoms in total. The van der Waals surface area contributed by atoms with Gasteiger partial charge >= 0.3 is 6.03 Å². The van der Waals surface area contributed by atoms with Crippen molar-refractivity contribution < 1.29 is 9.90 Å². The second-order valence-electron chi connectivity index (χ2n) is 6.74. The van der Waals surface area contributed by atoms with Gasteiger partial charge in [0, 0.05) is 12.1 Å². The molecule has 3 N–H and O–H groups in total. The highest BCUT2D eigenvalue weighted by Gasteiger charge is 2.32. The lowest BCUT2D eigenvalue weighted by atomic mass is 9.98. The zero-order chi connectivity index (χ0) is 17.3. The van der Waals surface area contributed by atoms with E-state index in [-0.39, 0.29) is 12.1 Å². The fourth-order valence-electron chi connectivity index (χ4n) is 3.38. The van der Waals surface area contributed by atoms with Gasteiger partial charge in [0.15, 0.2) is 0 Å². The number of amides is 2. The van der Waals surface area contributed by atoms with Crippen LogP contribution >= 0.6 is 0 Å². The summed E-state index contributed by atoms with van der Waals surface area (Å²) in [6, 6.07) is 13.2. The van der Waals surface area contributed by atoms with Crippen molar-refractivity contribution >= 4 is 11.7 Å². The summed E-state index contributed by atoms with van der Waals surface area (Å²) in [4.78, 5) is 12.5. The fourth-order valence-corrected chi connectivity index (χ4v) is 3.38. The number of aliphatic hydroxyl groups excluding tert-OH is 1. The molecule has 126 valence electrons. The molecular formula is C20H24N2O2. The van der Waals surface area contributed by atoms with Crippen LogP contribution in [0.1, 0.15) is 48.1 Å². The Morgan fingerprint density at radius 2 is 1.92 bits per heavy atom. The standard InChI is InChI=1S/C20H24N2O2/c1-12(2)15-10-6-7-13(3)18(15)21-20(24)22-19-16-9-5-4-8-14(16)11-17(19)23/h4-10,12,17,19,23H,11H2,1-3H3,(H2,21,22,24)/t17-,19+/m1/s1. The monoisotopic (exact) mass is 324 g/mol. The van der Waals surface area contributed by atoms with Crippen molar-refractivity contribution in [2.75, 3.05) is 5.32 Å². The maximum Gasteiger partial charge on any atom is 0.319 e. The molecule has 1 aliphatic rings. The largest absolute Gasteiger partial charge is 0.390 e. The van der Waals surface area contributed by atoms with Crippen LogP contribution in [0.3, 0.4) is 0 Å². The first-order valence-electron chi connectivity index (χ1n) is 8.40. The lowest BCUT2D eigenvalue weighted by molar-refractivity contribution is 0.144. The van der Waals surface area contributed by atoms with E-state index in [0.29, 0.717) is 12.3 Å². The van der Waals surface area contributed by atoms with E-state index in [9.17, 15) is 9.90 Å². The van der Waals surface area contributed by atoms with Gasteiger partial charge in [-0.25, -0.2) is 4.79 Å². The van der Waals surface area contributed by atoms with Crippen LogP contribution in [0.5, 0.6) is 0 Å². The van der Waals surface area contributed by atoms with Crippen LogP contribution in [0.4, 0.5) is 10.5 Å². The third-order valence-corrected chi connectivity index (χ3v) is 4.66. The Balaban J connectivity index is 1.78. The fraction of sp³-hybridized carbons (Fsp3) is 0.350. The molecule has 0 aliphatic heterocycles. The third kappa shape index (κ3) is 3.15. The number of hydrogen-bond acceptors (Lipinski definition) is 2. The van der Waals surface area contributed by atoms with Gasteiger partial charge in [0.1, 0.15) is 0 Å². The van der Waals surface area contributed by atoms with Gasteiger partial charge in [-0.15, -0.1) is 0 Å². The average Bonchev–Trinajstić information content (AvgIpc) is 2.85. The maximum absolute atomic E-state index is 12.5. The van der Waals surface area contributed by atoms with Crippen LogP contribution < -0.4 is 10.6 Å². The van der Waals surface area contributed by atoms with Crippen LogP contribution in [0.2, 0.25) is 0 Å². The van der Waals surface area contributed by atoms with Gasteiger partial charge in [0.2, 0.25) is 0 Å². The second kappa shape index (κ2) is 6.65. The Morgan fingerprint density at radius 3 is 2.67 bits per heavy atom. The number of aliphatic hydroxyl groups is 1. The normalized spacial score (nSPS) is 19.2. The summed E-state index contributed by atoms with van der Waals surface area (Å²) in [5.74, 6) is 0.318. The van der Waals surface area contributed by atoms with Gasteiger partial charge in [-0.3, -0.25) is 0 Å². The number of anilines is 1. The third-order valence-electron chi connectivity index (χ3n) is 4.66. The van der Waals surface area contributed by atoms with Crippen LogP contribution in [0.15, 0.2) is 42.5 Å². The highest BCUT2D eigenvalue weighted by Crippen LogP contribution is 2.32. The smallest absolute Gasteiger partial charge is 0.319 e. The summed E-state index contributed by atoms with van der Waals surface area (Å²) in [5.41, 5.74) is 5.08. The summed E-state index contributed by atoms with van der Waals surface area (Å²) in [6.45, 7) is 6.20. The SMILES string of the molecule is Cc1cccc(C(C)C)c1NC(=O)N[C@H]1c2ccccc2C[C@H]1O. The van der Waals surface area contributed by atoms with Crippen LogP contribution in [0.25, 0.3) is 0 Å². The van der Waals surface area contributed by atoms with Gasteiger partial charge in [-0.2, -0.15) is 0 Å². The average molecular weight is 324 g/mol. The van der Waals surface area contributed by atoms with Crippen molar-refractivity contribution in [2.45, 2.75) is 45.3 Å². The van der Waals surface area contributed by atoms with E-state index in [1.807, 2.05) is 49.4 Å². The van der Waals surface area contributed by atoms with E-state index in [2.05, 4.69) is 24.5 Å². The topological polar surface area (TPSA) is 61.4 Å². The summed E-state index contributed by atoms with van der Waals surface area (Å²) >= 11 is 0. The van der Waals surface area contributed by atoms with Gasteiger partial charge in [-0.05, 0) is 35.1 Å². The number of carbonyl (C=O) groups is 1. The molecule has 3 rings (SSSR count). The number of rotatable bonds is 3. The van der Waals surface area contributed by atoms with Crippen molar-refractivity contribution in [3.8, 4) is 0 Å². The van der Waals surface area contributed by atoms with E-state index in [1.54, 1.807) is 0 Å². The Kier molecular flexibility index (Phi) is 4.58. The highest BCUT2D eigenvalue weighted by molar-refractivity contribution is 5.91. The van der Waals surface area contributed by atoms with E-state index in [4.69, 9.17) is 0 Å². The molecule has 2 atom stereocenters. The van der Waals surface area contributed by atoms with Gasteiger partial charge < -0.3 is 15.7 Å². The zero-order valence-electron chi connectivity index (χ0n) is 14.3. The Morgan fingerprint density at radius 1 is 1.17 bits per heavy atom. The van der Waals surface area contributed by atoms with E-state index in [0.717, 1.165) is 27.9 Å². The number of para-hydroxylation sites is 1. The van der Waals surface area contributed by atoms with Gasteiger partial charge in [0.25, 0.3) is 0 Å². The molecule has 0 heterocycles. The van der Waals surface area contributed by atoms with Crippen molar-refractivity contribution in [3.63, 3.8) is 0 Å². The van der Waals surface area contributed by atoms with Crippen LogP contribution in [0, 0.1) is 6.92 Å². The first kappa shape index (κ1) is 16.5. The lowest BCUT2D eigenvalue weighted by Gasteiger charge is -2.21. The molecule has 2 aromatic rings. The molecule has 0 radical (unpaired) electrons. The highest BCUT2D eigenvalue weighted by atomic mass is 16.3. The van der Waals surface area contributed by atoms with E-state index < -0.39 is 6.10 Å². The predicted octanol–water partition coefficient (Wildman–Crippen LogP) is 3.90. The number of aryl methyl sites for hydroxylation is 1. The summed E-state index contributed by atoms with van der Waals surface area (Å²) in [6.07, 6.45) is -0.0162. The summed E-state index contributed by atoms with van der Waals surface area (Å²) < 4.78 is 0. The molecule has 24 heavy (non-hydrogen) atoms. The maximum atomic E-state index is 12.5. The minimum Gasteiger partial charge on any atom is -0.390 e. The minimum absolute atomic E-state index is 0.285. The number of hydrogen-bond donors (Lipinski definition) is 3. The van der Waals surface area contributed by atoms with Gasteiger partial charge in [0.05, 0.1) is 12.1 Å². The summed E-state index contributed by atoms with van der Waals surface area (Å²) in [5, 5.41) is 16.2. The number of carbonyl (C=O) groups excluding carboxylic acids is 1. The molecule has 0 fully saturated rings. The number of fused-ring (bicyclic) bond motifs is 1. The van der Waals surface area contributed by atoms with Gasteiger partial charge in [-0.1, -0.05) is 56.3 Å². The molecule has 4 heteroatoms. The van der Waals surface area contributed by atoms with E-state index in [1.165, 1.54) is 0 Å². The Hall–Kier alpha value is -2.33. The Labute approximate surface area is 142 Å². The number of benzene rings is 2. The number of nitrogens with one attached hydrogen (secondary N) is 2. The van der Waals surface area contributed by atoms with Crippen LogP contribution in [-0.4, -0.2) is 17.2 Å². The predicted molar refractivity (Wildman–Crippen MR) is 96.3 cm³/mol. The molecule has 2 aromatic carbocycles. The quantitative estimate of drug-likeness (QED) is 0.802. The molecule has 1 aliphatic carbocycles. The minimum atomic E-state index is -0.588. The van der Waals surface area contributed by atoms with Crippen LogP contribution in [-0.2, 0) is 6.42 Å².